The van der Waals surface area contributed by atoms with Gasteiger partial charge in [0.1, 0.15) is 0 Å². The number of aliphatic hydroxyl groups excluding tert-OH is 2. The van der Waals surface area contributed by atoms with Crippen LogP contribution in [0.4, 0.5) is 0 Å². The summed E-state index contributed by atoms with van der Waals surface area (Å²) in [4.78, 5) is 0. The molecule has 0 amide bonds. The molecule has 3 heteroatoms. The summed E-state index contributed by atoms with van der Waals surface area (Å²) in [5, 5.41) is 17.3. The number of aromatic nitrogens is 1. The lowest BCUT2D eigenvalue weighted by Crippen LogP contribution is -2.04. The van der Waals surface area contributed by atoms with Gasteiger partial charge in [-0.25, -0.2) is 0 Å². The van der Waals surface area contributed by atoms with E-state index in [9.17, 15) is 0 Å². The summed E-state index contributed by atoms with van der Waals surface area (Å²) < 4.78 is 1.82. The smallest absolute Gasteiger partial charge is 0.0832 e. The van der Waals surface area contributed by atoms with E-state index in [-0.39, 0.29) is 13.2 Å². The van der Waals surface area contributed by atoms with Gasteiger partial charge in [0.25, 0.3) is 0 Å². The second-order valence-corrected chi connectivity index (χ2v) is 2.07. The van der Waals surface area contributed by atoms with Crippen LogP contribution in [-0.2, 0) is 13.2 Å². The van der Waals surface area contributed by atoms with Crippen molar-refractivity contribution >= 4 is 0 Å². The zero-order chi connectivity index (χ0) is 7.40. The van der Waals surface area contributed by atoms with Gasteiger partial charge in [-0.1, -0.05) is 0 Å². The van der Waals surface area contributed by atoms with E-state index in [1.54, 1.807) is 0 Å². The standard InChI is InChI=1S/C7H11NO2/c9-5-4-8-3-1-2-7(8)6-10/h1-3,9-10H,4-6H2. The van der Waals surface area contributed by atoms with Crippen LogP contribution in [0.25, 0.3) is 0 Å². The molecule has 0 bridgehead atoms. The lowest BCUT2D eigenvalue weighted by atomic mass is 10.4. The zero-order valence-electron chi connectivity index (χ0n) is 5.70. The van der Waals surface area contributed by atoms with Crippen LogP contribution < -0.4 is 0 Å². The molecule has 0 saturated carbocycles. The first-order valence-electron chi connectivity index (χ1n) is 3.24. The molecular formula is C7H11NO2. The van der Waals surface area contributed by atoms with Crippen LogP contribution in [0.3, 0.4) is 0 Å². The second kappa shape index (κ2) is 3.39. The Morgan fingerprint density at radius 2 is 2.20 bits per heavy atom. The Labute approximate surface area is 59.5 Å². The molecule has 0 unspecified atom stereocenters. The monoisotopic (exact) mass is 141 g/mol. The average molecular weight is 141 g/mol. The second-order valence-electron chi connectivity index (χ2n) is 2.07. The number of aliphatic hydroxyl groups is 2. The van der Waals surface area contributed by atoms with Crippen molar-refractivity contribution in [3.8, 4) is 0 Å². The maximum atomic E-state index is 8.73. The van der Waals surface area contributed by atoms with Gasteiger partial charge in [-0.2, -0.15) is 0 Å². The van der Waals surface area contributed by atoms with E-state index in [2.05, 4.69) is 0 Å². The van der Waals surface area contributed by atoms with Crippen LogP contribution in [0.15, 0.2) is 18.3 Å². The molecule has 0 fully saturated rings. The van der Waals surface area contributed by atoms with E-state index in [1.807, 2.05) is 22.9 Å². The molecule has 0 atom stereocenters. The lowest BCUT2D eigenvalue weighted by molar-refractivity contribution is 0.251. The Morgan fingerprint density at radius 1 is 1.40 bits per heavy atom. The molecule has 10 heavy (non-hydrogen) atoms. The van der Waals surface area contributed by atoms with Crippen molar-refractivity contribution in [2.24, 2.45) is 0 Å². The summed E-state index contributed by atoms with van der Waals surface area (Å²) in [6, 6.07) is 3.68. The third-order valence-electron chi connectivity index (χ3n) is 1.43. The maximum Gasteiger partial charge on any atom is 0.0832 e. The molecule has 0 saturated heterocycles. The van der Waals surface area contributed by atoms with Gasteiger partial charge in [0, 0.05) is 18.4 Å². The fourth-order valence-corrected chi connectivity index (χ4v) is 0.919. The third kappa shape index (κ3) is 1.37. The Morgan fingerprint density at radius 3 is 2.80 bits per heavy atom. The van der Waals surface area contributed by atoms with Gasteiger partial charge in [-0.3, -0.25) is 0 Å². The van der Waals surface area contributed by atoms with Crippen LogP contribution >= 0.6 is 0 Å². The minimum absolute atomic E-state index is 0.0347. The van der Waals surface area contributed by atoms with Crippen molar-refractivity contribution in [1.82, 2.24) is 4.57 Å². The minimum atomic E-state index is 0.0347. The summed E-state index contributed by atoms with van der Waals surface area (Å²) in [7, 11) is 0. The highest BCUT2D eigenvalue weighted by molar-refractivity contribution is 5.05. The van der Waals surface area contributed by atoms with Crippen molar-refractivity contribution in [3.05, 3.63) is 24.0 Å². The van der Waals surface area contributed by atoms with Gasteiger partial charge < -0.3 is 14.8 Å². The molecule has 1 rings (SSSR count). The van der Waals surface area contributed by atoms with E-state index in [0.717, 1.165) is 5.69 Å². The zero-order valence-corrected chi connectivity index (χ0v) is 5.70. The molecule has 0 radical (unpaired) electrons. The molecule has 2 N–H and O–H groups in total. The van der Waals surface area contributed by atoms with E-state index < -0.39 is 0 Å². The summed E-state index contributed by atoms with van der Waals surface area (Å²) in [6.45, 7) is 0.706. The van der Waals surface area contributed by atoms with E-state index in [4.69, 9.17) is 10.2 Å². The van der Waals surface area contributed by atoms with E-state index >= 15 is 0 Å². The number of rotatable bonds is 3. The highest BCUT2D eigenvalue weighted by atomic mass is 16.3. The van der Waals surface area contributed by atoms with Gasteiger partial charge in [0.05, 0.1) is 13.2 Å². The molecule has 1 heterocycles. The highest BCUT2D eigenvalue weighted by Gasteiger charge is 1.95. The molecule has 1 aromatic heterocycles. The summed E-state index contributed by atoms with van der Waals surface area (Å²) in [5.74, 6) is 0. The minimum Gasteiger partial charge on any atom is -0.395 e. The van der Waals surface area contributed by atoms with Gasteiger partial charge in [-0.15, -0.1) is 0 Å². The van der Waals surface area contributed by atoms with Crippen molar-refractivity contribution in [1.29, 1.82) is 0 Å². The molecule has 1 aromatic rings. The molecule has 0 aliphatic carbocycles. The number of nitrogens with zero attached hydrogens (tertiary/aromatic N) is 1. The molecule has 0 aliphatic heterocycles. The van der Waals surface area contributed by atoms with E-state index in [0.29, 0.717) is 6.54 Å². The third-order valence-corrected chi connectivity index (χ3v) is 1.43. The first-order chi connectivity index (χ1) is 4.88. The first-order valence-corrected chi connectivity index (χ1v) is 3.24. The Kier molecular flexibility index (Phi) is 2.48. The normalized spacial score (nSPS) is 10.2. The molecule has 0 spiro atoms. The number of hydrogen-bond donors (Lipinski definition) is 2. The maximum absolute atomic E-state index is 8.73. The lowest BCUT2D eigenvalue weighted by Gasteiger charge is -2.02. The van der Waals surface area contributed by atoms with E-state index in [1.165, 1.54) is 0 Å². The predicted octanol–water partition coefficient (Wildman–Crippen LogP) is -0.0273. The van der Waals surface area contributed by atoms with Crippen LogP contribution in [-0.4, -0.2) is 21.4 Å². The van der Waals surface area contributed by atoms with Gasteiger partial charge in [-0.05, 0) is 12.1 Å². The van der Waals surface area contributed by atoms with Gasteiger partial charge in [0.15, 0.2) is 0 Å². The fraction of sp³-hybridized carbons (Fsp3) is 0.429. The Hall–Kier alpha value is -0.800. The fourth-order valence-electron chi connectivity index (χ4n) is 0.919. The number of hydrogen-bond acceptors (Lipinski definition) is 2. The van der Waals surface area contributed by atoms with Crippen molar-refractivity contribution in [2.45, 2.75) is 13.2 Å². The van der Waals surface area contributed by atoms with Crippen LogP contribution in [0.1, 0.15) is 5.69 Å². The molecule has 0 aromatic carbocycles. The predicted molar refractivity (Wildman–Crippen MR) is 37.4 cm³/mol. The van der Waals surface area contributed by atoms with Crippen LogP contribution in [0.5, 0.6) is 0 Å². The Bertz CT molecular complexity index is 195. The highest BCUT2D eigenvalue weighted by Crippen LogP contribution is 2.00. The summed E-state index contributed by atoms with van der Waals surface area (Å²) in [5.41, 5.74) is 0.842. The molecule has 56 valence electrons. The quantitative estimate of drug-likeness (QED) is 0.621. The molecule has 0 aliphatic rings. The SMILES string of the molecule is OCCn1cccc1CO. The summed E-state index contributed by atoms with van der Waals surface area (Å²) >= 11 is 0. The average Bonchev–Trinajstić information content (AvgIpc) is 2.36. The Balaban J connectivity index is 2.70. The van der Waals surface area contributed by atoms with Crippen molar-refractivity contribution < 1.29 is 10.2 Å². The molecular weight excluding hydrogens is 130 g/mol. The van der Waals surface area contributed by atoms with Crippen molar-refractivity contribution in [3.63, 3.8) is 0 Å². The van der Waals surface area contributed by atoms with Crippen molar-refractivity contribution in [2.75, 3.05) is 6.61 Å². The van der Waals surface area contributed by atoms with Gasteiger partial charge in [0.2, 0.25) is 0 Å². The summed E-state index contributed by atoms with van der Waals surface area (Å²) in [6.07, 6.45) is 1.84. The largest absolute Gasteiger partial charge is 0.395 e. The topological polar surface area (TPSA) is 45.4 Å². The van der Waals surface area contributed by atoms with Crippen LogP contribution in [0.2, 0.25) is 0 Å². The van der Waals surface area contributed by atoms with Crippen LogP contribution in [0, 0.1) is 0 Å². The van der Waals surface area contributed by atoms with Gasteiger partial charge >= 0.3 is 0 Å². The first kappa shape index (κ1) is 7.31. The molecule has 3 nitrogen and oxygen atoms in total.